The summed E-state index contributed by atoms with van der Waals surface area (Å²) in [5.74, 6) is 0.453. The molecule has 0 rings (SSSR count). The fourth-order valence-electron chi connectivity index (χ4n) is 1.88. The molecule has 0 radical (unpaired) electrons. The summed E-state index contributed by atoms with van der Waals surface area (Å²) in [5, 5.41) is 8.56. The topological polar surface area (TPSA) is 104 Å². The second kappa shape index (κ2) is 15.7. The molecule has 0 aromatic carbocycles. The molecule has 0 aliphatic carbocycles. The molecule has 3 N–H and O–H groups in total. The van der Waals surface area contributed by atoms with Crippen molar-refractivity contribution in [3.63, 3.8) is 0 Å². The van der Waals surface area contributed by atoms with Gasteiger partial charge in [-0.05, 0) is 6.42 Å². The number of carbonyl (C=O) groups excluding carboxylic acids is 4. The lowest BCUT2D eigenvalue weighted by atomic mass is 10.2. The van der Waals surface area contributed by atoms with E-state index in [1.807, 2.05) is 0 Å². The van der Waals surface area contributed by atoms with Gasteiger partial charge in [-0.2, -0.15) is 11.8 Å². The highest BCUT2D eigenvalue weighted by molar-refractivity contribution is 7.99. The molecular formula is C18H39N3O4S. The first-order valence-electron chi connectivity index (χ1n) is 9.32. The summed E-state index contributed by atoms with van der Waals surface area (Å²) in [4.78, 5) is 45.9. The number of ketones is 1. The number of thioether (sulfide) groups is 1. The molecule has 0 bridgehead atoms. The van der Waals surface area contributed by atoms with Gasteiger partial charge in [0.2, 0.25) is 17.7 Å². The van der Waals surface area contributed by atoms with Crippen molar-refractivity contribution in [2.75, 3.05) is 25.4 Å². The van der Waals surface area contributed by atoms with E-state index in [4.69, 9.17) is 0 Å². The zero-order valence-corrected chi connectivity index (χ0v) is 17.0. The van der Waals surface area contributed by atoms with Crippen LogP contribution in [0.4, 0.5) is 0 Å². The predicted molar refractivity (Wildman–Crippen MR) is 111 cm³/mol. The number of Topliss-reactive ketones (excluding diaryl/α,β-unsaturated/α-hetero) is 1. The molecule has 0 fully saturated rings. The smallest absolute Gasteiger partial charge is 0.221 e. The Morgan fingerprint density at radius 1 is 0.808 bits per heavy atom. The molecule has 156 valence electrons. The largest absolute Gasteiger partial charge is 0.356 e. The van der Waals surface area contributed by atoms with Crippen LogP contribution in [0.1, 0.15) is 63.6 Å². The fourth-order valence-corrected chi connectivity index (χ4v) is 2.83. The van der Waals surface area contributed by atoms with Crippen molar-refractivity contribution in [1.82, 2.24) is 16.0 Å². The van der Waals surface area contributed by atoms with E-state index < -0.39 is 0 Å². The highest BCUT2D eigenvalue weighted by atomic mass is 32.2. The van der Waals surface area contributed by atoms with Gasteiger partial charge in [0, 0.05) is 67.0 Å². The van der Waals surface area contributed by atoms with Gasteiger partial charge in [-0.25, -0.2) is 0 Å². The van der Waals surface area contributed by atoms with Crippen LogP contribution in [0.25, 0.3) is 0 Å². The Balaban J connectivity index is -0.00000104. The number of hydrogen-bond donors (Lipinski definition) is 3. The van der Waals surface area contributed by atoms with E-state index in [-0.39, 0.29) is 47.2 Å². The molecule has 1 atom stereocenters. The zero-order valence-electron chi connectivity index (χ0n) is 16.2. The third-order valence-corrected chi connectivity index (χ3v) is 5.12. The second-order valence-corrected chi connectivity index (χ2v) is 7.58. The monoisotopic (exact) mass is 393 g/mol. The molecule has 0 aliphatic rings. The van der Waals surface area contributed by atoms with Crippen molar-refractivity contribution in [2.24, 2.45) is 0 Å². The highest BCUT2D eigenvalue weighted by Crippen LogP contribution is 2.13. The Hall–Kier alpha value is -1.57. The third-order valence-electron chi connectivity index (χ3n) is 3.78. The quantitative estimate of drug-likeness (QED) is 0.395. The van der Waals surface area contributed by atoms with Gasteiger partial charge in [0.1, 0.15) is 5.78 Å². The van der Waals surface area contributed by atoms with Gasteiger partial charge in [0.25, 0.3) is 0 Å². The summed E-state index contributed by atoms with van der Waals surface area (Å²) in [5.41, 5.74) is 0. The van der Waals surface area contributed by atoms with Gasteiger partial charge >= 0.3 is 0 Å². The maximum atomic E-state index is 11.6. The number of nitrogens with one attached hydrogen (secondary N) is 3. The minimum atomic E-state index is -0.201. The molecule has 1 unspecified atom stereocenters. The first-order chi connectivity index (χ1) is 12.4. The lowest BCUT2D eigenvalue weighted by Crippen LogP contribution is -2.34. The molecule has 0 aromatic heterocycles. The van der Waals surface area contributed by atoms with Gasteiger partial charge in [0.15, 0.2) is 0 Å². The lowest BCUT2D eigenvalue weighted by Gasteiger charge is -2.09. The van der Waals surface area contributed by atoms with Gasteiger partial charge in [-0.1, -0.05) is 20.8 Å². The van der Waals surface area contributed by atoms with E-state index in [1.54, 1.807) is 18.7 Å². The Kier molecular flexibility index (Phi) is 14.7. The SMILES string of the molecule is CCC(=O)CCNC(=O)CCNC(=O)CCNC(=O)CCSC(C)CC.[HH].[HH].[HH]. The number of hydrogen-bond acceptors (Lipinski definition) is 5. The average Bonchev–Trinajstić information content (AvgIpc) is 2.61. The number of amides is 3. The van der Waals surface area contributed by atoms with Gasteiger partial charge in [0.05, 0.1) is 0 Å². The van der Waals surface area contributed by atoms with E-state index in [0.29, 0.717) is 37.6 Å². The van der Waals surface area contributed by atoms with Crippen LogP contribution in [0.2, 0.25) is 0 Å². The Morgan fingerprint density at radius 3 is 1.73 bits per heavy atom. The van der Waals surface area contributed by atoms with Crippen molar-refractivity contribution in [3.05, 3.63) is 0 Å². The standard InChI is InChI=1S/C18H33N3O4S.3H2/c1-4-14(3)26-13-9-18(25)21-12-8-17(24)20-11-7-16(23)19-10-6-15(22)5-2;;;/h14H,4-13H2,1-3H3,(H,19,23)(H,20,24)(H,21,25);3*1H. The zero-order chi connectivity index (χ0) is 19.8. The molecule has 0 saturated carbocycles. The first-order valence-corrected chi connectivity index (χ1v) is 10.4. The normalized spacial score (nSPS) is 11.5. The highest BCUT2D eigenvalue weighted by Gasteiger charge is 2.07. The van der Waals surface area contributed by atoms with Crippen molar-refractivity contribution >= 4 is 35.3 Å². The minimum Gasteiger partial charge on any atom is -0.356 e. The van der Waals surface area contributed by atoms with Crippen LogP contribution in [-0.4, -0.2) is 54.1 Å². The molecule has 0 aromatic rings. The van der Waals surface area contributed by atoms with Crippen LogP contribution in [0.5, 0.6) is 0 Å². The molecule has 0 heterocycles. The first kappa shape index (κ1) is 24.4. The van der Waals surface area contributed by atoms with Gasteiger partial charge in [-0.3, -0.25) is 19.2 Å². The van der Waals surface area contributed by atoms with Gasteiger partial charge < -0.3 is 16.0 Å². The Morgan fingerprint density at radius 2 is 1.27 bits per heavy atom. The summed E-state index contributed by atoms with van der Waals surface area (Å²) in [6.45, 7) is 6.91. The van der Waals surface area contributed by atoms with Crippen LogP contribution >= 0.6 is 11.8 Å². The van der Waals surface area contributed by atoms with Crippen LogP contribution in [0, 0.1) is 0 Å². The maximum absolute atomic E-state index is 11.6. The van der Waals surface area contributed by atoms with Crippen molar-refractivity contribution in [3.8, 4) is 0 Å². The van der Waals surface area contributed by atoms with E-state index in [2.05, 4.69) is 29.8 Å². The number of carbonyl (C=O) groups is 4. The molecule has 0 saturated heterocycles. The summed E-state index contributed by atoms with van der Waals surface area (Å²) in [6.07, 6.45) is 2.71. The molecule has 26 heavy (non-hydrogen) atoms. The van der Waals surface area contributed by atoms with Crippen LogP contribution in [0.3, 0.4) is 0 Å². The maximum Gasteiger partial charge on any atom is 0.221 e. The van der Waals surface area contributed by atoms with Crippen LogP contribution in [-0.2, 0) is 19.2 Å². The number of rotatable bonds is 15. The van der Waals surface area contributed by atoms with E-state index in [9.17, 15) is 19.2 Å². The lowest BCUT2D eigenvalue weighted by molar-refractivity contribution is -0.122. The molecule has 0 spiro atoms. The summed E-state index contributed by atoms with van der Waals surface area (Å²) in [6, 6.07) is 0. The van der Waals surface area contributed by atoms with Crippen LogP contribution < -0.4 is 16.0 Å². The molecule has 7 nitrogen and oxygen atoms in total. The molecule has 3 amide bonds. The van der Waals surface area contributed by atoms with Gasteiger partial charge in [-0.15, -0.1) is 0 Å². The second-order valence-electron chi connectivity index (χ2n) is 6.03. The fraction of sp³-hybridized carbons (Fsp3) is 0.778. The van der Waals surface area contributed by atoms with E-state index in [0.717, 1.165) is 12.2 Å². The average molecular weight is 394 g/mol. The Bertz CT molecular complexity index is 472. The third kappa shape index (κ3) is 14.7. The molecular weight excluding hydrogens is 354 g/mol. The van der Waals surface area contributed by atoms with Crippen molar-refractivity contribution in [2.45, 2.75) is 64.5 Å². The summed E-state index contributed by atoms with van der Waals surface area (Å²) in [7, 11) is 0. The Labute approximate surface area is 165 Å². The van der Waals surface area contributed by atoms with Crippen molar-refractivity contribution in [1.29, 1.82) is 0 Å². The predicted octanol–water partition coefficient (Wildman–Crippen LogP) is 2.14. The van der Waals surface area contributed by atoms with E-state index in [1.165, 1.54) is 0 Å². The minimum absolute atomic E-state index is 0. The summed E-state index contributed by atoms with van der Waals surface area (Å²) >= 11 is 1.77. The molecule has 8 heteroatoms. The van der Waals surface area contributed by atoms with E-state index >= 15 is 0 Å². The molecule has 0 aliphatic heterocycles. The van der Waals surface area contributed by atoms with Crippen LogP contribution in [0.15, 0.2) is 0 Å². The van der Waals surface area contributed by atoms with Crippen molar-refractivity contribution < 1.29 is 23.5 Å². The summed E-state index contributed by atoms with van der Waals surface area (Å²) < 4.78 is 0.